The molecule has 162 valence electrons. The summed E-state index contributed by atoms with van der Waals surface area (Å²) in [7, 11) is 2.05. The number of ether oxygens (including phenoxy) is 2. The van der Waals surface area contributed by atoms with E-state index in [0.29, 0.717) is 18.9 Å². The summed E-state index contributed by atoms with van der Waals surface area (Å²) in [5, 5.41) is 0. The van der Waals surface area contributed by atoms with Gasteiger partial charge in [0.25, 0.3) is 0 Å². The van der Waals surface area contributed by atoms with Crippen molar-refractivity contribution in [3.05, 3.63) is 47.8 Å². The maximum absolute atomic E-state index is 13.0. The lowest BCUT2D eigenvalue weighted by molar-refractivity contribution is -0.155. The van der Waals surface area contributed by atoms with Gasteiger partial charge in [-0.2, -0.15) is 0 Å². The fourth-order valence-corrected chi connectivity index (χ4v) is 4.13. The van der Waals surface area contributed by atoms with Crippen LogP contribution in [0, 0.1) is 12.7 Å². The maximum Gasteiger partial charge on any atom is 0.248 e. The van der Waals surface area contributed by atoms with Crippen molar-refractivity contribution in [2.45, 2.75) is 38.5 Å². The van der Waals surface area contributed by atoms with Crippen molar-refractivity contribution < 1.29 is 18.7 Å². The molecular formula is C22H29FN4O3. The lowest BCUT2D eigenvalue weighted by Gasteiger charge is -2.42. The fraction of sp³-hybridized carbons (Fsp3) is 0.545. The van der Waals surface area contributed by atoms with Gasteiger partial charge in [0.15, 0.2) is 0 Å². The standard InChI is InChI=1S/C22H29FN4O3/c1-16-24-11-19(25(16)2)12-26-9-7-18(8-10-26)27-13-21(30-15-22(27)28)14-29-20-5-3-17(23)4-6-20/h3-6,11,18,21H,7-10,12-15H2,1-2H3/t21-/m0/s1. The Hall–Kier alpha value is -2.45. The van der Waals surface area contributed by atoms with Crippen LogP contribution >= 0.6 is 0 Å². The van der Waals surface area contributed by atoms with Crippen LogP contribution in [0.4, 0.5) is 4.39 Å². The molecule has 1 amide bonds. The first-order chi connectivity index (χ1) is 14.5. The number of morpholine rings is 1. The molecule has 1 aromatic heterocycles. The number of likely N-dealkylation sites (tertiary alicyclic amines) is 1. The zero-order valence-corrected chi connectivity index (χ0v) is 17.6. The number of halogens is 1. The van der Waals surface area contributed by atoms with Crippen molar-refractivity contribution in [3.63, 3.8) is 0 Å². The normalized spacial score (nSPS) is 21.2. The second-order valence-electron chi connectivity index (χ2n) is 8.11. The Morgan fingerprint density at radius 3 is 2.63 bits per heavy atom. The summed E-state index contributed by atoms with van der Waals surface area (Å²) >= 11 is 0. The molecule has 2 saturated heterocycles. The van der Waals surface area contributed by atoms with Crippen LogP contribution in [-0.4, -0.2) is 70.3 Å². The number of carbonyl (C=O) groups excluding carboxylic acids is 1. The smallest absolute Gasteiger partial charge is 0.248 e. The summed E-state index contributed by atoms with van der Waals surface area (Å²) in [5.41, 5.74) is 1.21. The summed E-state index contributed by atoms with van der Waals surface area (Å²) in [6, 6.07) is 6.17. The van der Waals surface area contributed by atoms with Crippen LogP contribution in [0.25, 0.3) is 0 Å². The molecule has 0 radical (unpaired) electrons. The number of hydrogen-bond donors (Lipinski definition) is 0. The highest BCUT2D eigenvalue weighted by Gasteiger charge is 2.34. The fourth-order valence-electron chi connectivity index (χ4n) is 4.13. The number of amides is 1. The van der Waals surface area contributed by atoms with Crippen LogP contribution in [-0.2, 0) is 23.1 Å². The van der Waals surface area contributed by atoms with Gasteiger partial charge < -0.3 is 18.9 Å². The molecule has 1 atom stereocenters. The molecule has 3 heterocycles. The zero-order valence-electron chi connectivity index (χ0n) is 17.6. The minimum atomic E-state index is -0.294. The number of aryl methyl sites for hydroxylation is 1. The van der Waals surface area contributed by atoms with Gasteiger partial charge >= 0.3 is 0 Å². The number of nitrogens with zero attached hydrogens (tertiary/aromatic N) is 4. The van der Waals surface area contributed by atoms with Gasteiger partial charge in [-0.1, -0.05) is 0 Å². The van der Waals surface area contributed by atoms with Crippen LogP contribution in [0.1, 0.15) is 24.4 Å². The van der Waals surface area contributed by atoms with Gasteiger partial charge in [0.05, 0.1) is 12.2 Å². The Bertz CT molecular complexity index is 862. The molecule has 0 unspecified atom stereocenters. The summed E-state index contributed by atoms with van der Waals surface area (Å²) in [5.74, 6) is 1.38. The van der Waals surface area contributed by atoms with E-state index >= 15 is 0 Å². The van der Waals surface area contributed by atoms with E-state index in [-0.39, 0.29) is 30.5 Å². The number of carbonyl (C=O) groups is 1. The molecule has 2 aliphatic heterocycles. The molecule has 1 aromatic carbocycles. The van der Waals surface area contributed by atoms with Crippen LogP contribution < -0.4 is 4.74 Å². The molecule has 8 heteroatoms. The number of imidazole rings is 1. The van der Waals surface area contributed by atoms with E-state index in [2.05, 4.69) is 14.5 Å². The van der Waals surface area contributed by atoms with Crippen molar-refractivity contribution in [3.8, 4) is 5.75 Å². The number of piperidine rings is 1. The molecule has 0 N–H and O–H groups in total. The molecular weight excluding hydrogens is 387 g/mol. The molecule has 4 rings (SSSR count). The third kappa shape index (κ3) is 4.82. The zero-order chi connectivity index (χ0) is 21.1. The van der Waals surface area contributed by atoms with Gasteiger partial charge in [-0.3, -0.25) is 9.69 Å². The second kappa shape index (κ2) is 9.14. The van der Waals surface area contributed by atoms with Crippen molar-refractivity contribution in [1.82, 2.24) is 19.4 Å². The third-order valence-electron chi connectivity index (χ3n) is 6.11. The summed E-state index contributed by atoms with van der Waals surface area (Å²) in [4.78, 5) is 21.2. The van der Waals surface area contributed by atoms with Gasteiger partial charge in [0, 0.05) is 38.9 Å². The predicted molar refractivity (Wildman–Crippen MR) is 110 cm³/mol. The molecule has 30 heavy (non-hydrogen) atoms. The molecule has 7 nitrogen and oxygen atoms in total. The monoisotopic (exact) mass is 416 g/mol. The van der Waals surface area contributed by atoms with Crippen molar-refractivity contribution in [2.75, 3.05) is 32.8 Å². The highest BCUT2D eigenvalue weighted by Crippen LogP contribution is 2.22. The first-order valence-corrected chi connectivity index (χ1v) is 10.5. The van der Waals surface area contributed by atoms with Crippen LogP contribution in [0.2, 0.25) is 0 Å². The number of benzene rings is 1. The average molecular weight is 416 g/mol. The number of hydrogen-bond acceptors (Lipinski definition) is 5. The van der Waals surface area contributed by atoms with Gasteiger partial charge in [-0.25, -0.2) is 9.37 Å². The van der Waals surface area contributed by atoms with Crippen LogP contribution in [0.3, 0.4) is 0 Å². The van der Waals surface area contributed by atoms with Crippen molar-refractivity contribution in [2.24, 2.45) is 7.05 Å². The van der Waals surface area contributed by atoms with E-state index in [1.807, 2.05) is 25.1 Å². The second-order valence-corrected chi connectivity index (χ2v) is 8.11. The quantitative estimate of drug-likeness (QED) is 0.722. The summed E-state index contributed by atoms with van der Waals surface area (Å²) < 4.78 is 26.5. The maximum atomic E-state index is 13.0. The van der Waals surface area contributed by atoms with Gasteiger partial charge in [0.2, 0.25) is 5.91 Å². The van der Waals surface area contributed by atoms with Gasteiger partial charge in [-0.05, 0) is 44.0 Å². The van der Waals surface area contributed by atoms with E-state index in [1.54, 1.807) is 12.1 Å². The Balaban J connectivity index is 1.27. The summed E-state index contributed by atoms with van der Waals surface area (Å²) in [6.45, 7) is 5.77. The van der Waals surface area contributed by atoms with E-state index in [9.17, 15) is 9.18 Å². The van der Waals surface area contributed by atoms with Gasteiger partial charge in [-0.15, -0.1) is 0 Å². The first kappa shape index (κ1) is 20.8. The third-order valence-corrected chi connectivity index (χ3v) is 6.11. The lowest BCUT2D eigenvalue weighted by atomic mass is 10.0. The molecule has 0 bridgehead atoms. The van der Waals surface area contributed by atoms with E-state index < -0.39 is 0 Å². The SMILES string of the molecule is Cc1ncc(CN2CCC(N3C[C@@H](COc4ccc(F)cc4)OCC3=O)CC2)n1C. The van der Waals surface area contributed by atoms with Crippen molar-refractivity contribution >= 4 is 5.91 Å². The van der Waals surface area contributed by atoms with E-state index in [4.69, 9.17) is 9.47 Å². The molecule has 0 aliphatic carbocycles. The molecule has 2 fully saturated rings. The first-order valence-electron chi connectivity index (χ1n) is 10.5. The Morgan fingerprint density at radius 1 is 1.23 bits per heavy atom. The van der Waals surface area contributed by atoms with Gasteiger partial charge in [0.1, 0.15) is 36.7 Å². The average Bonchev–Trinajstić information content (AvgIpc) is 3.07. The molecule has 2 aromatic rings. The topological polar surface area (TPSA) is 59.8 Å². The van der Waals surface area contributed by atoms with Crippen molar-refractivity contribution in [1.29, 1.82) is 0 Å². The van der Waals surface area contributed by atoms with E-state index in [0.717, 1.165) is 38.3 Å². The highest BCUT2D eigenvalue weighted by atomic mass is 19.1. The number of aromatic nitrogens is 2. The Morgan fingerprint density at radius 2 is 1.97 bits per heavy atom. The minimum Gasteiger partial charge on any atom is -0.491 e. The highest BCUT2D eigenvalue weighted by molar-refractivity contribution is 5.78. The molecule has 0 saturated carbocycles. The Labute approximate surface area is 176 Å². The molecule has 2 aliphatic rings. The summed E-state index contributed by atoms with van der Waals surface area (Å²) in [6.07, 6.45) is 3.67. The lowest BCUT2D eigenvalue weighted by Crippen LogP contribution is -2.55. The van der Waals surface area contributed by atoms with Crippen LogP contribution in [0.15, 0.2) is 30.5 Å². The number of rotatable bonds is 6. The Kier molecular flexibility index (Phi) is 6.34. The van der Waals surface area contributed by atoms with E-state index in [1.165, 1.54) is 17.8 Å². The predicted octanol–water partition coefficient (Wildman–Crippen LogP) is 2.14. The largest absolute Gasteiger partial charge is 0.491 e. The van der Waals surface area contributed by atoms with Crippen LogP contribution in [0.5, 0.6) is 5.75 Å². The molecule has 0 spiro atoms. The minimum absolute atomic E-state index is 0.0498.